The van der Waals surface area contributed by atoms with Crippen LogP contribution >= 0.6 is 0 Å². The van der Waals surface area contributed by atoms with E-state index in [0.29, 0.717) is 18.9 Å². The Hall–Kier alpha value is -1.75. The summed E-state index contributed by atoms with van der Waals surface area (Å²) >= 11 is 0. The van der Waals surface area contributed by atoms with Gasteiger partial charge in [0, 0.05) is 6.42 Å². The van der Waals surface area contributed by atoms with Crippen LogP contribution in [0.2, 0.25) is 0 Å². The van der Waals surface area contributed by atoms with Crippen molar-refractivity contribution in [3.63, 3.8) is 0 Å². The summed E-state index contributed by atoms with van der Waals surface area (Å²) in [6.07, 6.45) is 0.649. The van der Waals surface area contributed by atoms with Crippen molar-refractivity contribution in [3.05, 3.63) is 23.8 Å². The quantitative estimate of drug-likeness (QED) is 0.751. The predicted molar refractivity (Wildman–Crippen MR) is 57.7 cm³/mol. The van der Waals surface area contributed by atoms with Gasteiger partial charge in [0.25, 0.3) is 0 Å². The highest BCUT2D eigenvalue weighted by molar-refractivity contribution is 5.93. The normalized spacial score (nSPS) is 19.6. The molecule has 16 heavy (non-hydrogen) atoms. The summed E-state index contributed by atoms with van der Waals surface area (Å²) in [5, 5.41) is 9.00. The van der Waals surface area contributed by atoms with Crippen molar-refractivity contribution in [1.82, 2.24) is 0 Å². The molecule has 0 spiro atoms. The van der Waals surface area contributed by atoms with Crippen LogP contribution in [0.5, 0.6) is 5.75 Å². The highest BCUT2D eigenvalue weighted by Gasteiger charge is 2.21. The van der Waals surface area contributed by atoms with Gasteiger partial charge < -0.3 is 20.3 Å². The van der Waals surface area contributed by atoms with E-state index in [4.69, 9.17) is 20.3 Å². The van der Waals surface area contributed by atoms with E-state index in [-0.39, 0.29) is 17.4 Å². The molecule has 1 heterocycles. The topological polar surface area (TPSA) is 81.8 Å². The van der Waals surface area contributed by atoms with Crippen LogP contribution in [0.3, 0.4) is 0 Å². The fraction of sp³-hybridized carbons (Fsp3) is 0.364. The van der Waals surface area contributed by atoms with Crippen molar-refractivity contribution in [2.24, 2.45) is 0 Å². The zero-order chi connectivity index (χ0) is 11.5. The summed E-state index contributed by atoms with van der Waals surface area (Å²) < 4.78 is 10.7. The van der Waals surface area contributed by atoms with Crippen molar-refractivity contribution in [1.29, 1.82) is 0 Å². The highest BCUT2D eigenvalue weighted by atomic mass is 16.5. The zero-order valence-corrected chi connectivity index (χ0v) is 8.68. The number of para-hydroxylation sites is 1. The van der Waals surface area contributed by atoms with E-state index in [9.17, 15) is 4.79 Å². The fourth-order valence-electron chi connectivity index (χ4n) is 1.63. The molecule has 5 heteroatoms. The summed E-state index contributed by atoms with van der Waals surface area (Å²) in [6.45, 7) is 1.12. The summed E-state index contributed by atoms with van der Waals surface area (Å²) in [4.78, 5) is 11.0. The van der Waals surface area contributed by atoms with E-state index >= 15 is 0 Å². The average Bonchev–Trinajstić information content (AvgIpc) is 2.73. The first-order chi connectivity index (χ1) is 7.68. The molecule has 1 fully saturated rings. The second-order valence-electron chi connectivity index (χ2n) is 3.63. The maximum atomic E-state index is 11.0. The number of carbonyl (C=O) groups is 1. The highest BCUT2D eigenvalue weighted by Crippen LogP contribution is 2.28. The van der Waals surface area contributed by atoms with Crippen LogP contribution in [0.25, 0.3) is 0 Å². The van der Waals surface area contributed by atoms with Gasteiger partial charge in [-0.25, -0.2) is 4.79 Å². The van der Waals surface area contributed by atoms with Gasteiger partial charge in [-0.3, -0.25) is 0 Å². The lowest BCUT2D eigenvalue weighted by Crippen LogP contribution is -2.18. The molecule has 1 aromatic rings. The largest absolute Gasteiger partial charge is 0.485 e. The van der Waals surface area contributed by atoms with E-state index in [0.717, 1.165) is 6.42 Å². The minimum Gasteiger partial charge on any atom is -0.485 e. The van der Waals surface area contributed by atoms with Crippen molar-refractivity contribution in [3.8, 4) is 5.75 Å². The maximum Gasteiger partial charge on any atom is 0.339 e. The molecule has 0 bridgehead atoms. The zero-order valence-electron chi connectivity index (χ0n) is 8.68. The number of nitrogens with two attached hydrogens (primary N) is 1. The maximum absolute atomic E-state index is 11.0. The van der Waals surface area contributed by atoms with Gasteiger partial charge in [-0.2, -0.15) is 0 Å². The minimum absolute atomic E-state index is 0.0897. The van der Waals surface area contributed by atoms with Crippen LogP contribution in [0.15, 0.2) is 18.2 Å². The molecule has 1 aliphatic heterocycles. The van der Waals surface area contributed by atoms with E-state index in [1.54, 1.807) is 12.1 Å². The number of hydrogen-bond donors (Lipinski definition) is 2. The first-order valence-corrected chi connectivity index (χ1v) is 5.04. The van der Waals surface area contributed by atoms with Crippen molar-refractivity contribution in [2.75, 3.05) is 18.9 Å². The molecule has 5 nitrogen and oxygen atoms in total. The molecule has 0 amide bonds. The van der Waals surface area contributed by atoms with Gasteiger partial charge in [0.1, 0.15) is 11.7 Å². The number of anilines is 1. The molecule has 2 rings (SSSR count). The fourth-order valence-corrected chi connectivity index (χ4v) is 1.63. The second kappa shape index (κ2) is 4.40. The Morgan fingerprint density at radius 1 is 1.56 bits per heavy atom. The number of hydrogen-bond acceptors (Lipinski definition) is 4. The average molecular weight is 223 g/mol. The SMILES string of the molecule is Nc1cccc(C(=O)O)c1OC1CCOC1. The lowest BCUT2D eigenvalue weighted by atomic mass is 10.1. The lowest BCUT2D eigenvalue weighted by Gasteiger charge is -2.15. The van der Waals surface area contributed by atoms with Crippen molar-refractivity contribution >= 4 is 11.7 Å². The molecule has 1 aromatic carbocycles. The molecular weight excluding hydrogens is 210 g/mol. The molecule has 3 N–H and O–H groups in total. The van der Waals surface area contributed by atoms with Gasteiger partial charge in [-0.05, 0) is 12.1 Å². The summed E-state index contributed by atoms with van der Waals surface area (Å²) in [6, 6.07) is 4.69. The van der Waals surface area contributed by atoms with E-state index in [1.165, 1.54) is 6.07 Å². The van der Waals surface area contributed by atoms with Gasteiger partial charge in [-0.1, -0.05) is 6.07 Å². The van der Waals surface area contributed by atoms with Crippen molar-refractivity contribution in [2.45, 2.75) is 12.5 Å². The summed E-state index contributed by atoms with van der Waals surface area (Å²) in [5.74, 6) is -0.799. The Labute approximate surface area is 92.8 Å². The molecule has 1 atom stereocenters. The lowest BCUT2D eigenvalue weighted by molar-refractivity contribution is 0.0687. The smallest absolute Gasteiger partial charge is 0.339 e. The van der Waals surface area contributed by atoms with E-state index in [2.05, 4.69) is 0 Å². The summed E-state index contributed by atoms with van der Waals surface area (Å²) in [7, 11) is 0. The Bertz CT molecular complexity index is 399. The molecule has 1 aliphatic rings. The van der Waals surface area contributed by atoms with Crippen LogP contribution in [-0.2, 0) is 4.74 Å². The number of nitrogen functional groups attached to an aromatic ring is 1. The number of ether oxygens (including phenoxy) is 2. The number of benzene rings is 1. The van der Waals surface area contributed by atoms with Gasteiger partial charge in [0.15, 0.2) is 5.75 Å². The standard InChI is InChI=1S/C11H13NO4/c12-9-3-1-2-8(11(13)14)10(9)16-7-4-5-15-6-7/h1-3,7H,4-6,12H2,(H,13,14). The predicted octanol–water partition coefficient (Wildman–Crippen LogP) is 1.13. The first kappa shape index (κ1) is 10.8. The molecule has 0 radical (unpaired) electrons. The Morgan fingerprint density at radius 2 is 2.38 bits per heavy atom. The number of aromatic carboxylic acids is 1. The third-order valence-electron chi connectivity index (χ3n) is 2.45. The number of carboxylic acids is 1. The van der Waals surface area contributed by atoms with Crippen LogP contribution in [0, 0.1) is 0 Å². The number of rotatable bonds is 3. The third-order valence-corrected chi connectivity index (χ3v) is 2.45. The minimum atomic E-state index is -1.04. The van der Waals surface area contributed by atoms with Crippen LogP contribution < -0.4 is 10.5 Å². The van der Waals surface area contributed by atoms with Crippen LogP contribution in [-0.4, -0.2) is 30.4 Å². The summed E-state index contributed by atoms with van der Waals surface area (Å²) in [5.41, 5.74) is 6.14. The number of carboxylic acid groups (broad SMARTS) is 1. The molecular formula is C11H13NO4. The van der Waals surface area contributed by atoms with Gasteiger partial charge in [0.2, 0.25) is 0 Å². The Kier molecular flexibility index (Phi) is 2.96. The van der Waals surface area contributed by atoms with Crippen LogP contribution in [0.1, 0.15) is 16.8 Å². The molecule has 0 aliphatic carbocycles. The second-order valence-corrected chi connectivity index (χ2v) is 3.63. The third kappa shape index (κ3) is 2.09. The molecule has 1 saturated heterocycles. The van der Waals surface area contributed by atoms with Crippen LogP contribution in [0.4, 0.5) is 5.69 Å². The van der Waals surface area contributed by atoms with E-state index in [1.807, 2.05) is 0 Å². The van der Waals surface area contributed by atoms with Gasteiger partial charge in [-0.15, -0.1) is 0 Å². The molecule has 1 unspecified atom stereocenters. The van der Waals surface area contributed by atoms with Crippen molar-refractivity contribution < 1.29 is 19.4 Å². The monoisotopic (exact) mass is 223 g/mol. The van der Waals surface area contributed by atoms with Gasteiger partial charge >= 0.3 is 5.97 Å². The first-order valence-electron chi connectivity index (χ1n) is 5.04. The Morgan fingerprint density at radius 3 is 3.00 bits per heavy atom. The molecule has 86 valence electrons. The van der Waals surface area contributed by atoms with E-state index < -0.39 is 5.97 Å². The Balaban J connectivity index is 2.26. The van der Waals surface area contributed by atoms with Gasteiger partial charge in [0.05, 0.1) is 18.9 Å². The molecule has 0 aromatic heterocycles. The molecule has 0 saturated carbocycles.